The van der Waals surface area contributed by atoms with E-state index in [0.29, 0.717) is 17.5 Å². The highest BCUT2D eigenvalue weighted by atomic mass is 35.5. The summed E-state index contributed by atoms with van der Waals surface area (Å²) in [5.74, 6) is 0.355. The predicted molar refractivity (Wildman–Crippen MR) is 74.1 cm³/mol. The zero-order valence-electron chi connectivity index (χ0n) is 10.8. The highest BCUT2D eigenvalue weighted by molar-refractivity contribution is 6.31. The normalized spacial score (nSPS) is 26.2. The summed E-state index contributed by atoms with van der Waals surface area (Å²) in [4.78, 5) is 2.14. The number of aliphatic hydroxyl groups excluding tert-OH is 2. The molecule has 100 valence electrons. The van der Waals surface area contributed by atoms with Gasteiger partial charge in [-0.25, -0.2) is 0 Å². The van der Waals surface area contributed by atoms with E-state index in [1.54, 1.807) is 6.92 Å². The summed E-state index contributed by atoms with van der Waals surface area (Å²) in [6.45, 7) is 5.35. The lowest BCUT2D eigenvalue weighted by molar-refractivity contribution is 0.103. The number of halogens is 1. The molecule has 0 aromatic heterocycles. The first-order valence-electron chi connectivity index (χ1n) is 6.39. The van der Waals surface area contributed by atoms with Gasteiger partial charge in [-0.3, -0.25) is 0 Å². The smallest absolute Gasteiger partial charge is 0.0776 e. The van der Waals surface area contributed by atoms with Crippen molar-refractivity contribution in [2.75, 3.05) is 18.0 Å². The minimum absolute atomic E-state index is 0.283. The second kappa shape index (κ2) is 5.47. The zero-order valence-corrected chi connectivity index (χ0v) is 11.6. The van der Waals surface area contributed by atoms with Crippen LogP contribution >= 0.6 is 11.6 Å². The molecule has 0 spiro atoms. The molecule has 0 saturated carbocycles. The molecule has 1 fully saturated rings. The van der Waals surface area contributed by atoms with Crippen LogP contribution in [0, 0.1) is 5.92 Å². The van der Waals surface area contributed by atoms with Crippen LogP contribution in [-0.4, -0.2) is 29.4 Å². The van der Waals surface area contributed by atoms with E-state index in [4.69, 9.17) is 11.6 Å². The summed E-state index contributed by atoms with van der Waals surface area (Å²) in [5, 5.41) is 20.0. The molecular formula is C14H20ClNO2. The van der Waals surface area contributed by atoms with Crippen LogP contribution in [0.4, 0.5) is 5.69 Å². The van der Waals surface area contributed by atoms with Gasteiger partial charge in [0.15, 0.2) is 0 Å². The van der Waals surface area contributed by atoms with Gasteiger partial charge in [-0.15, -0.1) is 0 Å². The first-order chi connectivity index (χ1) is 8.49. The van der Waals surface area contributed by atoms with Gasteiger partial charge in [0, 0.05) is 23.8 Å². The van der Waals surface area contributed by atoms with E-state index in [0.717, 1.165) is 24.2 Å². The van der Waals surface area contributed by atoms with Crippen molar-refractivity contribution >= 4 is 17.3 Å². The Kier molecular flexibility index (Phi) is 4.15. The van der Waals surface area contributed by atoms with Gasteiger partial charge in [0.25, 0.3) is 0 Å². The number of hydrogen-bond acceptors (Lipinski definition) is 3. The molecule has 0 aliphatic carbocycles. The van der Waals surface area contributed by atoms with Crippen molar-refractivity contribution in [3.63, 3.8) is 0 Å². The Morgan fingerprint density at radius 2 is 2.17 bits per heavy atom. The van der Waals surface area contributed by atoms with Crippen molar-refractivity contribution in [1.29, 1.82) is 0 Å². The third-order valence-corrected chi connectivity index (χ3v) is 4.05. The van der Waals surface area contributed by atoms with E-state index in [1.165, 1.54) is 0 Å². The average Bonchev–Trinajstić information content (AvgIpc) is 2.32. The summed E-state index contributed by atoms with van der Waals surface area (Å²) in [6, 6.07) is 5.68. The number of benzene rings is 1. The van der Waals surface area contributed by atoms with Gasteiger partial charge in [-0.2, -0.15) is 0 Å². The van der Waals surface area contributed by atoms with Crippen molar-refractivity contribution in [3.05, 3.63) is 28.8 Å². The maximum Gasteiger partial charge on any atom is 0.0776 e. The highest BCUT2D eigenvalue weighted by Crippen LogP contribution is 2.30. The predicted octanol–water partition coefficient (Wildman–Crippen LogP) is 2.60. The van der Waals surface area contributed by atoms with Gasteiger partial charge in [-0.1, -0.05) is 24.6 Å². The molecule has 1 saturated heterocycles. The molecule has 0 bridgehead atoms. The molecule has 2 N–H and O–H groups in total. The lowest BCUT2D eigenvalue weighted by Gasteiger charge is -2.36. The lowest BCUT2D eigenvalue weighted by Crippen LogP contribution is -2.42. The second-order valence-electron chi connectivity index (χ2n) is 5.16. The molecule has 2 rings (SSSR count). The monoisotopic (exact) mass is 269 g/mol. The SMILES string of the molecule is CC(O)c1ccc(N2CCC(C)C(O)C2)cc1Cl. The molecule has 1 heterocycles. The molecule has 1 aliphatic heterocycles. The number of rotatable bonds is 2. The Labute approximate surface area is 113 Å². The van der Waals surface area contributed by atoms with Gasteiger partial charge in [-0.05, 0) is 37.0 Å². The molecule has 0 radical (unpaired) electrons. The highest BCUT2D eigenvalue weighted by Gasteiger charge is 2.24. The maximum absolute atomic E-state index is 9.91. The molecule has 1 aromatic carbocycles. The lowest BCUT2D eigenvalue weighted by atomic mass is 9.95. The fraction of sp³-hybridized carbons (Fsp3) is 0.571. The Hall–Kier alpha value is -0.770. The van der Waals surface area contributed by atoms with Crippen LogP contribution < -0.4 is 4.90 Å². The van der Waals surface area contributed by atoms with E-state index in [1.807, 2.05) is 18.2 Å². The Morgan fingerprint density at radius 3 is 2.72 bits per heavy atom. The van der Waals surface area contributed by atoms with Gasteiger partial charge in [0.1, 0.15) is 0 Å². The zero-order chi connectivity index (χ0) is 13.3. The van der Waals surface area contributed by atoms with Crippen LogP contribution in [0.3, 0.4) is 0 Å². The minimum atomic E-state index is -0.557. The summed E-state index contributed by atoms with van der Waals surface area (Å²) in [7, 11) is 0. The van der Waals surface area contributed by atoms with Gasteiger partial charge >= 0.3 is 0 Å². The van der Waals surface area contributed by atoms with E-state index in [2.05, 4.69) is 11.8 Å². The standard InChI is InChI=1S/C14H20ClNO2/c1-9-5-6-16(8-14(9)18)11-3-4-12(10(2)17)13(15)7-11/h3-4,7,9-10,14,17-18H,5-6,8H2,1-2H3. The molecule has 3 atom stereocenters. The number of β-amino-alcohol motifs (C(OH)–C–C–N with tert-alkyl or cyclic N) is 1. The number of nitrogens with zero attached hydrogens (tertiary/aromatic N) is 1. The van der Waals surface area contributed by atoms with Crippen LogP contribution in [-0.2, 0) is 0 Å². The average molecular weight is 270 g/mol. The molecular weight excluding hydrogens is 250 g/mol. The third-order valence-electron chi connectivity index (χ3n) is 3.72. The molecule has 1 aromatic rings. The Morgan fingerprint density at radius 1 is 1.44 bits per heavy atom. The van der Waals surface area contributed by atoms with E-state index in [-0.39, 0.29) is 6.10 Å². The second-order valence-corrected chi connectivity index (χ2v) is 5.57. The number of anilines is 1. The summed E-state index contributed by atoms with van der Waals surface area (Å²) >= 11 is 6.16. The van der Waals surface area contributed by atoms with Gasteiger partial charge in [0.2, 0.25) is 0 Å². The summed E-state index contributed by atoms with van der Waals surface area (Å²) in [5.41, 5.74) is 1.75. The first kappa shape index (κ1) is 13.7. The molecule has 0 amide bonds. The van der Waals surface area contributed by atoms with Crippen LogP contribution in [0.1, 0.15) is 31.9 Å². The van der Waals surface area contributed by atoms with Crippen LogP contribution in [0.15, 0.2) is 18.2 Å². The topological polar surface area (TPSA) is 43.7 Å². The fourth-order valence-corrected chi connectivity index (χ4v) is 2.67. The summed E-state index contributed by atoms with van der Waals surface area (Å²) < 4.78 is 0. The first-order valence-corrected chi connectivity index (χ1v) is 6.77. The Bertz CT molecular complexity index is 422. The Balaban J connectivity index is 2.17. The van der Waals surface area contributed by atoms with Crippen molar-refractivity contribution in [2.24, 2.45) is 5.92 Å². The molecule has 1 aliphatic rings. The van der Waals surface area contributed by atoms with Crippen LogP contribution in [0.25, 0.3) is 0 Å². The van der Waals surface area contributed by atoms with Crippen molar-refractivity contribution in [2.45, 2.75) is 32.5 Å². The molecule has 3 unspecified atom stereocenters. The minimum Gasteiger partial charge on any atom is -0.391 e. The molecule has 4 heteroatoms. The maximum atomic E-state index is 9.91. The quantitative estimate of drug-likeness (QED) is 0.867. The van der Waals surface area contributed by atoms with Gasteiger partial charge in [0.05, 0.1) is 12.2 Å². The van der Waals surface area contributed by atoms with Crippen molar-refractivity contribution in [1.82, 2.24) is 0 Å². The third kappa shape index (κ3) is 2.79. The van der Waals surface area contributed by atoms with E-state index >= 15 is 0 Å². The van der Waals surface area contributed by atoms with Gasteiger partial charge < -0.3 is 15.1 Å². The van der Waals surface area contributed by atoms with E-state index in [9.17, 15) is 10.2 Å². The number of hydrogen-bond donors (Lipinski definition) is 2. The number of aliphatic hydroxyl groups is 2. The van der Waals surface area contributed by atoms with Crippen molar-refractivity contribution in [3.8, 4) is 0 Å². The summed E-state index contributed by atoms with van der Waals surface area (Å²) in [6.07, 6.45) is 0.143. The van der Waals surface area contributed by atoms with E-state index < -0.39 is 6.10 Å². The fourth-order valence-electron chi connectivity index (χ4n) is 2.33. The molecule has 3 nitrogen and oxygen atoms in total. The van der Waals surface area contributed by atoms with Crippen molar-refractivity contribution < 1.29 is 10.2 Å². The molecule has 18 heavy (non-hydrogen) atoms. The van der Waals surface area contributed by atoms with Crippen LogP contribution in [0.2, 0.25) is 5.02 Å². The van der Waals surface area contributed by atoms with Crippen LogP contribution in [0.5, 0.6) is 0 Å². The number of piperidine rings is 1. The largest absolute Gasteiger partial charge is 0.391 e.